The molecule has 0 saturated carbocycles. The van der Waals surface area contributed by atoms with E-state index in [1.165, 1.54) is 12.8 Å². The van der Waals surface area contributed by atoms with Crippen molar-refractivity contribution in [2.24, 2.45) is 0 Å². The second-order valence-corrected chi connectivity index (χ2v) is 4.16. The van der Waals surface area contributed by atoms with Gasteiger partial charge in [-0.15, -0.1) is 0 Å². The number of hydrogen-bond donors (Lipinski definition) is 0. The molecule has 70 valence electrons. The van der Waals surface area contributed by atoms with Crippen molar-refractivity contribution in [3.05, 3.63) is 22.4 Å². The van der Waals surface area contributed by atoms with E-state index in [9.17, 15) is 4.79 Å². The van der Waals surface area contributed by atoms with Crippen molar-refractivity contribution in [2.75, 3.05) is 13.1 Å². The molecule has 1 aliphatic heterocycles. The molecular formula is C10H13NOS. The zero-order valence-electron chi connectivity index (χ0n) is 7.48. The zero-order valence-corrected chi connectivity index (χ0v) is 8.30. The summed E-state index contributed by atoms with van der Waals surface area (Å²) >= 11 is 1.66. The molecule has 1 unspecified atom stereocenters. The topological polar surface area (TPSA) is 20.3 Å². The van der Waals surface area contributed by atoms with E-state index >= 15 is 0 Å². The fraction of sp³-hybridized carbons (Fsp3) is 0.500. The minimum absolute atomic E-state index is 0.00810. The van der Waals surface area contributed by atoms with Crippen LogP contribution in [0.25, 0.3) is 0 Å². The third-order valence-corrected chi connectivity index (χ3v) is 3.25. The van der Waals surface area contributed by atoms with Gasteiger partial charge in [0.25, 0.3) is 0 Å². The van der Waals surface area contributed by atoms with Gasteiger partial charge in [-0.3, -0.25) is 4.90 Å². The van der Waals surface area contributed by atoms with Gasteiger partial charge in [-0.05, 0) is 48.3 Å². The van der Waals surface area contributed by atoms with Gasteiger partial charge in [-0.25, -0.2) is 0 Å². The second kappa shape index (κ2) is 4.03. The normalized spacial score (nSPS) is 20.3. The number of hydrogen-bond acceptors (Lipinski definition) is 3. The highest BCUT2D eigenvalue weighted by molar-refractivity contribution is 7.08. The molecule has 0 N–H and O–H groups in total. The predicted octanol–water partition coefficient (Wildman–Crippen LogP) is 2.08. The van der Waals surface area contributed by atoms with Gasteiger partial charge >= 0.3 is 0 Å². The standard InChI is InChI=1S/C10H13NOS/c12-7-10(9-3-6-13-8-9)11-4-1-2-5-11/h3,6-8,10H,1-2,4-5H2. The number of nitrogens with zero attached hydrogens (tertiary/aromatic N) is 1. The van der Waals surface area contributed by atoms with Crippen LogP contribution in [0.15, 0.2) is 16.8 Å². The fourth-order valence-electron chi connectivity index (χ4n) is 1.84. The summed E-state index contributed by atoms with van der Waals surface area (Å²) < 4.78 is 0. The van der Waals surface area contributed by atoms with Crippen molar-refractivity contribution >= 4 is 17.6 Å². The largest absolute Gasteiger partial charge is 0.301 e. The van der Waals surface area contributed by atoms with Crippen molar-refractivity contribution in [3.63, 3.8) is 0 Å². The Hall–Kier alpha value is -0.670. The van der Waals surface area contributed by atoms with E-state index in [0.29, 0.717) is 0 Å². The van der Waals surface area contributed by atoms with Crippen molar-refractivity contribution in [1.82, 2.24) is 4.90 Å². The lowest BCUT2D eigenvalue weighted by molar-refractivity contribution is -0.112. The molecule has 1 atom stereocenters. The third kappa shape index (κ3) is 1.81. The van der Waals surface area contributed by atoms with Crippen LogP contribution < -0.4 is 0 Å². The van der Waals surface area contributed by atoms with Crippen LogP contribution in [0.3, 0.4) is 0 Å². The first-order chi connectivity index (χ1) is 6.42. The Balaban J connectivity index is 2.13. The molecule has 2 rings (SSSR count). The number of likely N-dealkylation sites (tertiary alicyclic amines) is 1. The molecule has 13 heavy (non-hydrogen) atoms. The Morgan fingerprint density at radius 1 is 1.46 bits per heavy atom. The highest BCUT2D eigenvalue weighted by Crippen LogP contribution is 2.24. The summed E-state index contributed by atoms with van der Waals surface area (Å²) in [6, 6.07) is 2.05. The van der Waals surface area contributed by atoms with Crippen LogP contribution in [-0.2, 0) is 4.79 Å². The Bertz CT molecular complexity index is 264. The molecule has 0 radical (unpaired) electrons. The molecule has 2 heterocycles. The van der Waals surface area contributed by atoms with E-state index in [2.05, 4.69) is 10.3 Å². The molecule has 1 aliphatic rings. The fourth-order valence-corrected chi connectivity index (χ4v) is 2.53. The number of thiophene rings is 1. The van der Waals surface area contributed by atoms with E-state index in [0.717, 1.165) is 24.9 Å². The summed E-state index contributed by atoms with van der Waals surface area (Å²) in [7, 11) is 0. The molecular weight excluding hydrogens is 182 g/mol. The Kier molecular flexibility index (Phi) is 2.76. The third-order valence-electron chi connectivity index (χ3n) is 2.55. The first-order valence-electron chi connectivity index (χ1n) is 4.63. The van der Waals surface area contributed by atoms with E-state index in [-0.39, 0.29) is 6.04 Å². The monoisotopic (exact) mass is 195 g/mol. The number of carbonyl (C=O) groups excluding carboxylic acids is 1. The van der Waals surface area contributed by atoms with Crippen molar-refractivity contribution in [1.29, 1.82) is 0 Å². The Labute approximate surface area is 82.2 Å². The molecule has 1 aromatic rings. The van der Waals surface area contributed by atoms with E-state index in [1.807, 2.05) is 11.4 Å². The number of aldehydes is 1. The summed E-state index contributed by atoms with van der Waals surface area (Å²) in [5, 5.41) is 4.10. The van der Waals surface area contributed by atoms with Crippen LogP contribution in [0.4, 0.5) is 0 Å². The van der Waals surface area contributed by atoms with Crippen LogP contribution in [0.1, 0.15) is 24.4 Å². The predicted molar refractivity (Wildman–Crippen MR) is 53.9 cm³/mol. The molecule has 0 aromatic carbocycles. The number of carbonyl (C=O) groups is 1. The van der Waals surface area contributed by atoms with Gasteiger partial charge < -0.3 is 4.79 Å². The molecule has 0 amide bonds. The maximum atomic E-state index is 11.0. The van der Waals surface area contributed by atoms with Gasteiger partial charge in [0.15, 0.2) is 0 Å². The summed E-state index contributed by atoms with van der Waals surface area (Å²) in [4.78, 5) is 13.2. The van der Waals surface area contributed by atoms with E-state index in [1.54, 1.807) is 11.3 Å². The van der Waals surface area contributed by atoms with E-state index < -0.39 is 0 Å². The van der Waals surface area contributed by atoms with Gasteiger partial charge in [0, 0.05) is 0 Å². The van der Waals surface area contributed by atoms with Gasteiger partial charge in [0.2, 0.25) is 0 Å². The molecule has 1 aromatic heterocycles. The van der Waals surface area contributed by atoms with Crippen molar-refractivity contribution in [2.45, 2.75) is 18.9 Å². The smallest absolute Gasteiger partial charge is 0.141 e. The Morgan fingerprint density at radius 2 is 2.23 bits per heavy atom. The highest BCUT2D eigenvalue weighted by Gasteiger charge is 2.22. The van der Waals surface area contributed by atoms with Crippen LogP contribution in [0.2, 0.25) is 0 Å². The van der Waals surface area contributed by atoms with Gasteiger partial charge in [0.05, 0.1) is 6.04 Å². The lowest BCUT2D eigenvalue weighted by Crippen LogP contribution is -2.26. The summed E-state index contributed by atoms with van der Waals surface area (Å²) in [6.45, 7) is 2.14. The average Bonchev–Trinajstić information content (AvgIpc) is 2.76. The van der Waals surface area contributed by atoms with Gasteiger partial charge in [0.1, 0.15) is 6.29 Å². The molecule has 1 fully saturated rings. The van der Waals surface area contributed by atoms with Crippen LogP contribution in [-0.4, -0.2) is 24.3 Å². The molecule has 1 saturated heterocycles. The molecule has 0 aliphatic carbocycles. The first-order valence-corrected chi connectivity index (χ1v) is 5.57. The lowest BCUT2D eigenvalue weighted by Gasteiger charge is -2.21. The van der Waals surface area contributed by atoms with Gasteiger partial charge in [-0.1, -0.05) is 0 Å². The maximum Gasteiger partial charge on any atom is 0.141 e. The summed E-state index contributed by atoms with van der Waals surface area (Å²) in [5.41, 5.74) is 1.15. The second-order valence-electron chi connectivity index (χ2n) is 3.38. The molecule has 3 heteroatoms. The zero-order chi connectivity index (χ0) is 9.10. The van der Waals surface area contributed by atoms with Crippen molar-refractivity contribution in [3.8, 4) is 0 Å². The minimum Gasteiger partial charge on any atom is -0.301 e. The van der Waals surface area contributed by atoms with Crippen LogP contribution >= 0.6 is 11.3 Å². The lowest BCUT2D eigenvalue weighted by atomic mass is 10.1. The molecule has 0 spiro atoms. The average molecular weight is 195 g/mol. The maximum absolute atomic E-state index is 11.0. The summed E-state index contributed by atoms with van der Waals surface area (Å²) in [5.74, 6) is 0. The van der Waals surface area contributed by atoms with Crippen LogP contribution in [0, 0.1) is 0 Å². The first kappa shape index (κ1) is 8.91. The molecule has 0 bridgehead atoms. The quantitative estimate of drug-likeness (QED) is 0.688. The summed E-state index contributed by atoms with van der Waals surface area (Å²) in [6.07, 6.45) is 3.52. The minimum atomic E-state index is 0.00810. The molecule has 2 nitrogen and oxygen atoms in total. The van der Waals surface area contributed by atoms with E-state index in [4.69, 9.17) is 0 Å². The van der Waals surface area contributed by atoms with Crippen LogP contribution in [0.5, 0.6) is 0 Å². The SMILES string of the molecule is O=CC(c1ccsc1)N1CCCC1. The highest BCUT2D eigenvalue weighted by atomic mass is 32.1. The number of rotatable bonds is 3. The Morgan fingerprint density at radius 3 is 2.77 bits per heavy atom. The van der Waals surface area contributed by atoms with Gasteiger partial charge in [-0.2, -0.15) is 11.3 Å². The van der Waals surface area contributed by atoms with Crippen molar-refractivity contribution < 1.29 is 4.79 Å².